The number of alkyl carbamates (subject to hydrolysis) is 1. The molecule has 8 atom stereocenters. The lowest BCUT2D eigenvalue weighted by molar-refractivity contribution is -0.205. The molecule has 6 rings (SSSR count). The molecule has 34 heavy (non-hydrogen) atoms. The lowest BCUT2D eigenvalue weighted by Gasteiger charge is -2.63. The molecule has 1 aliphatic heterocycles. The first-order valence-corrected chi connectivity index (χ1v) is 12.5. The Morgan fingerprint density at radius 2 is 1.91 bits per heavy atom. The number of nitriles is 1. The number of nitrogens with zero attached hydrogens (tertiary/aromatic N) is 2. The number of rotatable bonds is 6. The third-order valence-corrected chi connectivity index (χ3v) is 8.39. The van der Waals surface area contributed by atoms with Gasteiger partial charge in [-0.15, -0.1) is 0 Å². The van der Waals surface area contributed by atoms with Crippen molar-refractivity contribution in [3.63, 3.8) is 0 Å². The van der Waals surface area contributed by atoms with E-state index in [-0.39, 0.29) is 36.7 Å². The van der Waals surface area contributed by atoms with E-state index in [9.17, 15) is 20.0 Å². The fourth-order valence-electron chi connectivity index (χ4n) is 7.75. The molecule has 1 heterocycles. The molecule has 8 heteroatoms. The minimum atomic E-state index is -0.803. The molecule has 5 fully saturated rings. The van der Waals surface area contributed by atoms with Crippen LogP contribution in [-0.4, -0.2) is 64.5 Å². The van der Waals surface area contributed by atoms with E-state index in [4.69, 9.17) is 9.47 Å². The van der Waals surface area contributed by atoms with Crippen LogP contribution >= 0.6 is 0 Å². The van der Waals surface area contributed by atoms with Crippen molar-refractivity contribution in [3.05, 3.63) is 0 Å². The van der Waals surface area contributed by atoms with Gasteiger partial charge in [-0.25, -0.2) is 4.79 Å². The first kappa shape index (κ1) is 23.5. The summed E-state index contributed by atoms with van der Waals surface area (Å²) in [6.07, 6.45) is 5.25. The second-order valence-corrected chi connectivity index (χ2v) is 12.1. The molecule has 2 N–H and O–H groups in total. The summed E-state index contributed by atoms with van der Waals surface area (Å²) >= 11 is 0. The Kier molecular flexibility index (Phi) is 5.61. The van der Waals surface area contributed by atoms with Gasteiger partial charge in [-0.05, 0) is 77.6 Å². The fraction of sp³-hybridized carbons (Fsp3) is 0.808. The number of amides is 2. The van der Waals surface area contributed by atoms with E-state index in [1.807, 2.05) is 0 Å². The average molecular weight is 470 g/mol. The number of fused-ring (bicyclic) bond motifs is 1. The third kappa shape index (κ3) is 3.95. The maximum atomic E-state index is 14.2. The summed E-state index contributed by atoms with van der Waals surface area (Å²) < 4.78 is 11.8. The highest BCUT2D eigenvalue weighted by Crippen LogP contribution is 2.64. The summed E-state index contributed by atoms with van der Waals surface area (Å²) in [4.78, 5) is 28.8. The molecule has 1 saturated heterocycles. The number of hydrogen-bond acceptors (Lipinski definition) is 6. The van der Waals surface area contributed by atoms with Crippen molar-refractivity contribution in [2.75, 3.05) is 13.2 Å². The van der Waals surface area contributed by atoms with Crippen molar-refractivity contribution in [3.8, 4) is 17.9 Å². The van der Waals surface area contributed by atoms with Crippen molar-refractivity contribution >= 4 is 12.0 Å². The fourth-order valence-corrected chi connectivity index (χ4v) is 7.75. The van der Waals surface area contributed by atoms with E-state index < -0.39 is 29.2 Å². The van der Waals surface area contributed by atoms with Crippen LogP contribution in [-0.2, 0) is 14.3 Å². The maximum Gasteiger partial charge on any atom is 0.408 e. The molecule has 5 aliphatic carbocycles. The number of hydrogen-bond donors (Lipinski definition) is 2. The van der Waals surface area contributed by atoms with Gasteiger partial charge in [0.05, 0.1) is 30.8 Å². The van der Waals surface area contributed by atoms with Crippen LogP contribution in [0.5, 0.6) is 0 Å². The van der Waals surface area contributed by atoms with E-state index in [1.54, 1.807) is 25.7 Å². The van der Waals surface area contributed by atoms with Crippen molar-refractivity contribution in [2.24, 2.45) is 23.2 Å². The average Bonchev–Trinajstić information content (AvgIpc) is 2.97. The highest BCUT2D eigenvalue weighted by atomic mass is 16.6. The van der Waals surface area contributed by atoms with Gasteiger partial charge in [0, 0.05) is 5.41 Å². The van der Waals surface area contributed by atoms with Crippen LogP contribution in [0.2, 0.25) is 0 Å². The highest BCUT2D eigenvalue weighted by Gasteiger charge is 2.63. The first-order chi connectivity index (χ1) is 16.1. The molecule has 0 aromatic rings. The molecule has 184 valence electrons. The van der Waals surface area contributed by atoms with Gasteiger partial charge in [0.15, 0.2) is 0 Å². The van der Waals surface area contributed by atoms with Gasteiger partial charge in [0.2, 0.25) is 5.91 Å². The van der Waals surface area contributed by atoms with Gasteiger partial charge >= 0.3 is 6.09 Å². The van der Waals surface area contributed by atoms with Crippen LogP contribution in [0.4, 0.5) is 4.79 Å². The van der Waals surface area contributed by atoms with Crippen LogP contribution in [0, 0.1) is 46.3 Å². The molecule has 3 unspecified atom stereocenters. The molecular weight excluding hydrogens is 434 g/mol. The van der Waals surface area contributed by atoms with Gasteiger partial charge in [-0.2, -0.15) is 5.26 Å². The zero-order valence-electron chi connectivity index (χ0n) is 20.3. The zero-order chi connectivity index (χ0) is 24.3. The largest absolute Gasteiger partial charge is 0.444 e. The lowest BCUT2D eigenvalue weighted by Crippen LogP contribution is -2.67. The topological polar surface area (TPSA) is 112 Å². The van der Waals surface area contributed by atoms with E-state index in [0.717, 1.165) is 32.1 Å². The molecule has 0 aromatic carbocycles. The zero-order valence-corrected chi connectivity index (χ0v) is 20.3. The molecule has 6 aliphatic rings. The van der Waals surface area contributed by atoms with Crippen molar-refractivity contribution in [1.82, 2.24) is 10.2 Å². The normalized spacial score (nSPS) is 39.9. The Labute approximate surface area is 201 Å². The van der Waals surface area contributed by atoms with Crippen LogP contribution in [0.25, 0.3) is 0 Å². The van der Waals surface area contributed by atoms with E-state index >= 15 is 0 Å². The quantitative estimate of drug-likeness (QED) is 0.578. The van der Waals surface area contributed by atoms with Gasteiger partial charge in [-0.3, -0.25) is 4.79 Å². The number of nitrogens with one attached hydrogen (secondary N) is 1. The molecule has 0 spiro atoms. The molecular formula is C26H35N3O5. The Bertz CT molecular complexity index is 956. The molecule has 4 saturated carbocycles. The Morgan fingerprint density at radius 1 is 1.21 bits per heavy atom. The number of carbonyl (C=O) groups is 2. The van der Waals surface area contributed by atoms with E-state index in [0.29, 0.717) is 24.7 Å². The number of aliphatic hydroxyl groups excluding tert-OH is 1. The van der Waals surface area contributed by atoms with Crippen LogP contribution in [0.15, 0.2) is 0 Å². The van der Waals surface area contributed by atoms with Gasteiger partial charge < -0.3 is 24.8 Å². The predicted octanol–water partition coefficient (Wildman–Crippen LogP) is 2.35. The number of carbonyl (C=O) groups excluding carboxylic acids is 2. The summed E-state index contributed by atoms with van der Waals surface area (Å²) in [5.41, 5.74) is -1.54. The molecule has 4 bridgehead atoms. The monoisotopic (exact) mass is 469 g/mol. The Morgan fingerprint density at radius 3 is 2.47 bits per heavy atom. The standard InChI is InChI=1S/C26H35N3O5/c1-24(2,3)34-23(32)28-21(22(31)29-19(14-27)9-18-4-5-20(18)29)25-10-16-8-17(11-25)13-26(12-16,15-25)33-7-6-30/h16-21,30H,6-13,15H2,1-3H3,(H,28,32)/t16-,17?,18-,19-,20-,21+,25?,26?/m0/s1. The minimum absolute atomic E-state index is 0.0337. The SMILES string of the molecule is CC(C)(C)OC(=O)N[C@H](C(=O)N1[C@H](C#N)C[C@@H]2C#C[C@@H]21)C12CC3C[C@H](CC(OCCO)(C3)C1)C2. The second-order valence-electron chi connectivity index (χ2n) is 12.1. The van der Waals surface area contributed by atoms with Gasteiger partial charge in [0.25, 0.3) is 0 Å². The lowest BCUT2D eigenvalue weighted by atomic mass is 9.46. The Balaban J connectivity index is 1.48. The van der Waals surface area contributed by atoms with Crippen molar-refractivity contribution in [2.45, 2.75) is 95.0 Å². The van der Waals surface area contributed by atoms with Crippen LogP contribution in [0.3, 0.4) is 0 Å². The molecule has 2 amide bonds. The summed E-state index contributed by atoms with van der Waals surface area (Å²) in [7, 11) is 0. The molecule has 0 radical (unpaired) electrons. The van der Waals surface area contributed by atoms with Crippen LogP contribution < -0.4 is 5.32 Å². The second kappa shape index (κ2) is 8.14. The molecule has 8 nitrogen and oxygen atoms in total. The highest BCUT2D eigenvalue weighted by molar-refractivity contribution is 5.88. The smallest absolute Gasteiger partial charge is 0.408 e. The minimum Gasteiger partial charge on any atom is -0.444 e. The maximum absolute atomic E-state index is 14.2. The van der Waals surface area contributed by atoms with Crippen LogP contribution in [0.1, 0.15) is 65.7 Å². The number of aliphatic hydroxyl groups is 1. The van der Waals surface area contributed by atoms with Crippen molar-refractivity contribution < 1.29 is 24.2 Å². The predicted molar refractivity (Wildman–Crippen MR) is 122 cm³/mol. The summed E-state index contributed by atoms with van der Waals surface area (Å²) in [5.74, 6) is 6.79. The van der Waals surface area contributed by atoms with Gasteiger partial charge in [-0.1, -0.05) is 11.8 Å². The van der Waals surface area contributed by atoms with Gasteiger partial charge in [0.1, 0.15) is 23.7 Å². The Hall–Kier alpha value is -2.29. The summed E-state index contributed by atoms with van der Waals surface area (Å²) in [6, 6.07) is 0.666. The van der Waals surface area contributed by atoms with Crippen molar-refractivity contribution in [1.29, 1.82) is 5.26 Å². The first-order valence-electron chi connectivity index (χ1n) is 12.5. The number of ether oxygens (including phenoxy) is 2. The number of likely N-dealkylation sites (tertiary alicyclic amines) is 1. The molecule has 0 aromatic heterocycles. The van der Waals surface area contributed by atoms with E-state index in [2.05, 4.69) is 23.2 Å². The van der Waals surface area contributed by atoms with E-state index in [1.165, 1.54) is 0 Å². The summed E-state index contributed by atoms with van der Waals surface area (Å²) in [5, 5.41) is 22.2. The third-order valence-electron chi connectivity index (χ3n) is 8.39. The summed E-state index contributed by atoms with van der Waals surface area (Å²) in [6.45, 7) is 5.63.